The van der Waals surface area contributed by atoms with E-state index in [2.05, 4.69) is 36.2 Å². The van der Waals surface area contributed by atoms with Crippen LogP contribution >= 0.6 is 0 Å². The van der Waals surface area contributed by atoms with E-state index in [1.165, 1.54) is 37.7 Å². The fraction of sp³-hybridized carbons (Fsp3) is 0.800. The first-order valence-corrected chi connectivity index (χ1v) is 7.17. The Morgan fingerprint density at radius 2 is 2.06 bits per heavy atom. The number of hydrazone groups is 1. The largest absolute Gasteiger partial charge is 0.297 e. The second kappa shape index (κ2) is 4.15. The minimum atomic E-state index is 0.526. The molecule has 2 unspecified atom stereocenters. The van der Waals surface area contributed by atoms with Crippen molar-refractivity contribution in [3.63, 3.8) is 0 Å². The lowest BCUT2D eigenvalue weighted by atomic mass is 9.49. The Balaban J connectivity index is 1.65. The summed E-state index contributed by atoms with van der Waals surface area (Å²) in [6.07, 6.45) is 11.3. The quantitative estimate of drug-likeness (QED) is 0.666. The molecule has 0 spiro atoms. The van der Waals surface area contributed by atoms with Crippen molar-refractivity contribution in [2.24, 2.45) is 22.4 Å². The van der Waals surface area contributed by atoms with Gasteiger partial charge in [-0.15, -0.1) is 0 Å². The van der Waals surface area contributed by atoms with Crippen LogP contribution in [0.3, 0.4) is 0 Å². The molecular weight excluding hydrogens is 208 g/mol. The summed E-state index contributed by atoms with van der Waals surface area (Å²) in [6.45, 7) is 7.15. The Morgan fingerprint density at radius 1 is 1.29 bits per heavy atom. The van der Waals surface area contributed by atoms with Crippen molar-refractivity contribution >= 4 is 6.21 Å². The van der Waals surface area contributed by atoms with Crippen LogP contribution in [0.4, 0.5) is 0 Å². The monoisotopic (exact) mass is 232 g/mol. The maximum absolute atomic E-state index is 4.69. The SMILES string of the molecule is CC1(C)C2CC=C(C=NN3CCCCC3)C1C2. The minimum Gasteiger partial charge on any atom is -0.297 e. The molecule has 94 valence electrons. The molecule has 0 radical (unpaired) electrons. The highest BCUT2D eigenvalue weighted by atomic mass is 15.4. The van der Waals surface area contributed by atoms with Gasteiger partial charge in [0.05, 0.1) is 6.21 Å². The van der Waals surface area contributed by atoms with E-state index in [1.54, 1.807) is 0 Å². The van der Waals surface area contributed by atoms with Crippen molar-refractivity contribution in [3.8, 4) is 0 Å². The van der Waals surface area contributed by atoms with Gasteiger partial charge in [0.25, 0.3) is 0 Å². The predicted molar refractivity (Wildman–Crippen MR) is 72.0 cm³/mol. The van der Waals surface area contributed by atoms with Crippen LogP contribution in [0, 0.1) is 17.3 Å². The molecule has 2 nitrogen and oxygen atoms in total. The third kappa shape index (κ3) is 1.92. The number of piperidine rings is 1. The van der Waals surface area contributed by atoms with Crippen LogP contribution in [0.2, 0.25) is 0 Å². The summed E-state index contributed by atoms with van der Waals surface area (Å²) in [5, 5.41) is 6.94. The van der Waals surface area contributed by atoms with E-state index in [1.807, 2.05) is 0 Å². The highest BCUT2D eigenvalue weighted by Crippen LogP contribution is 2.58. The molecule has 1 saturated carbocycles. The number of nitrogens with zero attached hydrogens (tertiary/aromatic N) is 2. The van der Waals surface area contributed by atoms with Crippen LogP contribution in [-0.4, -0.2) is 24.3 Å². The molecule has 4 rings (SSSR count). The third-order valence-electron chi connectivity index (χ3n) is 5.21. The molecule has 1 aliphatic heterocycles. The minimum absolute atomic E-state index is 0.526. The summed E-state index contributed by atoms with van der Waals surface area (Å²) >= 11 is 0. The average Bonchev–Trinajstić information content (AvgIpc) is 2.37. The van der Waals surface area contributed by atoms with E-state index < -0.39 is 0 Å². The Morgan fingerprint density at radius 3 is 2.71 bits per heavy atom. The number of allylic oxidation sites excluding steroid dienone is 2. The van der Waals surface area contributed by atoms with Gasteiger partial charge in [-0.3, -0.25) is 5.01 Å². The third-order valence-corrected chi connectivity index (χ3v) is 5.21. The molecule has 0 aromatic rings. The van der Waals surface area contributed by atoms with Crippen molar-refractivity contribution < 1.29 is 0 Å². The van der Waals surface area contributed by atoms with E-state index in [0.29, 0.717) is 5.41 Å². The first-order chi connectivity index (χ1) is 8.18. The molecule has 0 aromatic heterocycles. The van der Waals surface area contributed by atoms with Crippen LogP contribution in [-0.2, 0) is 0 Å². The summed E-state index contributed by atoms with van der Waals surface area (Å²) in [5.41, 5.74) is 2.03. The maximum atomic E-state index is 4.69. The Labute approximate surface area is 105 Å². The van der Waals surface area contributed by atoms with Crippen LogP contribution in [0.1, 0.15) is 46.0 Å². The van der Waals surface area contributed by atoms with E-state index in [4.69, 9.17) is 0 Å². The standard InChI is InChI=1S/C15H24N2/c1-15(2)13-7-6-12(14(15)10-13)11-16-17-8-4-3-5-9-17/h6,11,13-14H,3-5,7-10H2,1-2H3. The van der Waals surface area contributed by atoms with E-state index in [-0.39, 0.29) is 0 Å². The van der Waals surface area contributed by atoms with Gasteiger partial charge in [-0.1, -0.05) is 19.9 Å². The van der Waals surface area contributed by atoms with Gasteiger partial charge in [0.1, 0.15) is 0 Å². The molecule has 2 heteroatoms. The van der Waals surface area contributed by atoms with Crippen molar-refractivity contribution in [1.29, 1.82) is 0 Å². The second-order valence-electron chi connectivity index (χ2n) is 6.51. The summed E-state index contributed by atoms with van der Waals surface area (Å²) in [5.74, 6) is 1.70. The molecule has 4 aliphatic rings. The molecule has 1 saturated heterocycles. The predicted octanol–water partition coefficient (Wildman–Crippen LogP) is 3.45. The van der Waals surface area contributed by atoms with Crippen molar-refractivity contribution in [3.05, 3.63) is 11.6 Å². The zero-order chi connectivity index (χ0) is 11.9. The van der Waals surface area contributed by atoms with Gasteiger partial charge >= 0.3 is 0 Å². The Kier molecular flexibility index (Phi) is 2.76. The lowest BCUT2D eigenvalue weighted by Gasteiger charge is -2.55. The number of hydrogen-bond donors (Lipinski definition) is 0. The van der Waals surface area contributed by atoms with Gasteiger partial charge in [0.15, 0.2) is 0 Å². The summed E-state index contributed by atoms with van der Waals surface area (Å²) < 4.78 is 0. The molecular formula is C15H24N2. The Hall–Kier alpha value is -0.790. The maximum Gasteiger partial charge on any atom is 0.0502 e. The van der Waals surface area contributed by atoms with Crippen molar-refractivity contribution in [2.75, 3.05) is 13.1 Å². The van der Waals surface area contributed by atoms with Crippen LogP contribution < -0.4 is 0 Å². The molecule has 0 N–H and O–H groups in total. The van der Waals surface area contributed by atoms with Gasteiger partial charge in [-0.2, -0.15) is 5.10 Å². The molecule has 3 aliphatic carbocycles. The molecule has 2 atom stereocenters. The number of fused-ring (bicyclic) bond motifs is 1. The van der Waals surface area contributed by atoms with Crippen LogP contribution in [0.15, 0.2) is 16.8 Å². The fourth-order valence-corrected chi connectivity index (χ4v) is 3.69. The smallest absolute Gasteiger partial charge is 0.0502 e. The fourth-order valence-electron chi connectivity index (χ4n) is 3.69. The summed E-state index contributed by atoms with van der Waals surface area (Å²) in [7, 11) is 0. The van der Waals surface area contributed by atoms with Crippen molar-refractivity contribution in [1.82, 2.24) is 5.01 Å². The van der Waals surface area contributed by atoms with E-state index >= 15 is 0 Å². The van der Waals surface area contributed by atoms with E-state index in [0.717, 1.165) is 24.9 Å². The number of hydrogen-bond acceptors (Lipinski definition) is 2. The van der Waals surface area contributed by atoms with Crippen LogP contribution in [0.5, 0.6) is 0 Å². The zero-order valence-electron chi connectivity index (χ0n) is 11.2. The lowest BCUT2D eigenvalue weighted by Crippen LogP contribution is -2.48. The topological polar surface area (TPSA) is 15.6 Å². The molecule has 1 heterocycles. The Bertz CT molecular complexity index is 348. The van der Waals surface area contributed by atoms with Gasteiger partial charge in [-0.05, 0) is 54.9 Å². The highest BCUT2D eigenvalue weighted by molar-refractivity contribution is 5.80. The first-order valence-electron chi connectivity index (χ1n) is 7.17. The summed E-state index contributed by atoms with van der Waals surface area (Å²) in [6, 6.07) is 0. The van der Waals surface area contributed by atoms with Crippen LogP contribution in [0.25, 0.3) is 0 Å². The van der Waals surface area contributed by atoms with Gasteiger partial charge in [0, 0.05) is 13.1 Å². The number of rotatable bonds is 2. The van der Waals surface area contributed by atoms with Gasteiger partial charge in [0.2, 0.25) is 0 Å². The summed E-state index contributed by atoms with van der Waals surface area (Å²) in [4.78, 5) is 0. The average molecular weight is 232 g/mol. The molecule has 2 bridgehead atoms. The van der Waals surface area contributed by atoms with Gasteiger partial charge < -0.3 is 0 Å². The highest BCUT2D eigenvalue weighted by Gasteiger charge is 2.50. The zero-order valence-corrected chi connectivity index (χ0v) is 11.2. The molecule has 0 amide bonds. The first kappa shape index (κ1) is 11.3. The van der Waals surface area contributed by atoms with Gasteiger partial charge in [-0.25, -0.2) is 0 Å². The molecule has 2 fully saturated rings. The molecule has 0 aromatic carbocycles. The second-order valence-corrected chi connectivity index (χ2v) is 6.51. The normalized spacial score (nSPS) is 35.6. The lowest BCUT2D eigenvalue weighted by molar-refractivity contribution is -0.00137. The van der Waals surface area contributed by atoms with E-state index in [9.17, 15) is 0 Å². The molecule has 17 heavy (non-hydrogen) atoms. The van der Waals surface area contributed by atoms with Crippen molar-refractivity contribution in [2.45, 2.75) is 46.0 Å².